The summed E-state index contributed by atoms with van der Waals surface area (Å²) in [5.41, 5.74) is 7.23. The standard InChI is InChI=1S/C15H21N5O2S/c1-9(2)6-20-14(22)12(17-15(20)23-8-13(16)21)5-11-7-19(4)18-10(11)3/h5,7,9H,6,8H2,1-4H3,(H2,16,21)/b12-5+. The molecule has 2 rings (SSSR count). The highest BCUT2D eigenvalue weighted by molar-refractivity contribution is 8.14. The number of hydrogen-bond donors (Lipinski definition) is 1. The highest BCUT2D eigenvalue weighted by atomic mass is 32.2. The highest BCUT2D eigenvalue weighted by Crippen LogP contribution is 2.25. The van der Waals surface area contributed by atoms with Gasteiger partial charge in [-0.1, -0.05) is 25.6 Å². The molecule has 7 nitrogen and oxygen atoms in total. The van der Waals surface area contributed by atoms with Gasteiger partial charge in [0.15, 0.2) is 5.17 Å². The van der Waals surface area contributed by atoms with E-state index < -0.39 is 5.91 Å². The van der Waals surface area contributed by atoms with Crippen LogP contribution in [0.2, 0.25) is 0 Å². The molecule has 0 fully saturated rings. The number of thioether (sulfide) groups is 1. The lowest BCUT2D eigenvalue weighted by atomic mass is 10.2. The van der Waals surface area contributed by atoms with E-state index in [1.165, 1.54) is 11.8 Å². The topological polar surface area (TPSA) is 93.6 Å². The van der Waals surface area contributed by atoms with Crippen molar-refractivity contribution in [3.8, 4) is 0 Å². The molecular formula is C15H21N5O2S. The Hall–Kier alpha value is -2.09. The smallest absolute Gasteiger partial charge is 0.278 e. The van der Waals surface area contributed by atoms with E-state index in [1.54, 1.807) is 15.7 Å². The number of carbonyl (C=O) groups is 2. The molecule has 0 spiro atoms. The zero-order chi connectivity index (χ0) is 17.1. The van der Waals surface area contributed by atoms with Crippen LogP contribution in [0.1, 0.15) is 25.1 Å². The van der Waals surface area contributed by atoms with Gasteiger partial charge in [-0.15, -0.1) is 0 Å². The second-order valence-electron chi connectivity index (χ2n) is 5.83. The lowest BCUT2D eigenvalue weighted by Crippen LogP contribution is -2.34. The van der Waals surface area contributed by atoms with Crippen LogP contribution in [-0.4, -0.2) is 44.0 Å². The van der Waals surface area contributed by atoms with Crippen LogP contribution < -0.4 is 5.73 Å². The highest BCUT2D eigenvalue weighted by Gasteiger charge is 2.31. The summed E-state index contributed by atoms with van der Waals surface area (Å²) in [6, 6.07) is 0. The van der Waals surface area contributed by atoms with Crippen molar-refractivity contribution in [3.63, 3.8) is 0 Å². The van der Waals surface area contributed by atoms with Gasteiger partial charge < -0.3 is 5.73 Å². The number of carbonyl (C=O) groups excluding carboxylic acids is 2. The van der Waals surface area contributed by atoms with Crippen molar-refractivity contribution in [2.75, 3.05) is 12.3 Å². The maximum absolute atomic E-state index is 12.6. The summed E-state index contributed by atoms with van der Waals surface area (Å²) < 4.78 is 1.69. The van der Waals surface area contributed by atoms with Crippen LogP contribution in [-0.2, 0) is 16.6 Å². The van der Waals surface area contributed by atoms with Crippen LogP contribution in [0.4, 0.5) is 0 Å². The summed E-state index contributed by atoms with van der Waals surface area (Å²) in [6.07, 6.45) is 3.57. The SMILES string of the molecule is Cc1nn(C)cc1/C=C1/N=C(SCC(N)=O)N(CC(C)C)C1=O. The van der Waals surface area contributed by atoms with Gasteiger partial charge in [0.05, 0.1) is 11.4 Å². The molecule has 124 valence electrons. The lowest BCUT2D eigenvalue weighted by Gasteiger charge is -2.19. The Morgan fingerprint density at radius 1 is 1.48 bits per heavy atom. The summed E-state index contributed by atoms with van der Waals surface area (Å²) >= 11 is 1.19. The summed E-state index contributed by atoms with van der Waals surface area (Å²) in [5, 5.41) is 4.78. The van der Waals surface area contributed by atoms with Crippen LogP contribution in [0.25, 0.3) is 6.08 Å². The van der Waals surface area contributed by atoms with Gasteiger partial charge in [0.1, 0.15) is 5.70 Å². The predicted molar refractivity (Wildman–Crippen MR) is 91.6 cm³/mol. The number of primary amides is 1. The Labute approximate surface area is 139 Å². The fourth-order valence-electron chi connectivity index (χ4n) is 2.21. The van der Waals surface area contributed by atoms with Crippen molar-refractivity contribution in [3.05, 3.63) is 23.2 Å². The molecule has 0 bridgehead atoms. The quantitative estimate of drug-likeness (QED) is 0.817. The molecule has 0 saturated heterocycles. The van der Waals surface area contributed by atoms with Gasteiger partial charge in [0, 0.05) is 25.4 Å². The first-order valence-corrected chi connectivity index (χ1v) is 8.30. The van der Waals surface area contributed by atoms with Crippen LogP contribution in [0.15, 0.2) is 16.9 Å². The fraction of sp³-hybridized carbons (Fsp3) is 0.467. The molecule has 0 aliphatic carbocycles. The van der Waals surface area contributed by atoms with Gasteiger partial charge in [-0.3, -0.25) is 19.2 Å². The third-order valence-corrected chi connectivity index (χ3v) is 4.14. The molecule has 1 aromatic rings. The normalized spacial score (nSPS) is 16.6. The average Bonchev–Trinajstić information content (AvgIpc) is 2.90. The van der Waals surface area contributed by atoms with E-state index in [-0.39, 0.29) is 17.6 Å². The molecule has 0 saturated carbocycles. The minimum absolute atomic E-state index is 0.0971. The molecule has 2 heterocycles. The number of aliphatic imine (C=N–C) groups is 1. The summed E-state index contributed by atoms with van der Waals surface area (Å²) in [4.78, 5) is 29.6. The predicted octanol–water partition coefficient (Wildman–Crippen LogP) is 1.14. The molecule has 2 N–H and O–H groups in total. The Balaban J connectivity index is 2.31. The number of nitrogens with zero attached hydrogens (tertiary/aromatic N) is 4. The Morgan fingerprint density at radius 2 is 2.17 bits per heavy atom. The molecule has 23 heavy (non-hydrogen) atoms. The monoisotopic (exact) mass is 335 g/mol. The summed E-state index contributed by atoms with van der Waals surface area (Å²) in [7, 11) is 1.83. The molecule has 0 radical (unpaired) electrons. The van der Waals surface area contributed by atoms with E-state index >= 15 is 0 Å². The first-order chi connectivity index (χ1) is 10.8. The summed E-state index contributed by atoms with van der Waals surface area (Å²) in [6.45, 7) is 6.48. The molecular weight excluding hydrogens is 314 g/mol. The number of amides is 2. The van der Waals surface area contributed by atoms with E-state index in [2.05, 4.69) is 10.1 Å². The number of aryl methyl sites for hydroxylation is 2. The van der Waals surface area contributed by atoms with Crippen LogP contribution in [0.5, 0.6) is 0 Å². The van der Waals surface area contributed by atoms with Crippen molar-refractivity contribution in [1.29, 1.82) is 0 Å². The molecule has 0 unspecified atom stereocenters. The van der Waals surface area contributed by atoms with E-state index in [4.69, 9.17) is 5.73 Å². The minimum atomic E-state index is -0.435. The molecule has 0 atom stereocenters. The Kier molecular flexibility index (Phi) is 5.25. The maximum Gasteiger partial charge on any atom is 0.278 e. The van der Waals surface area contributed by atoms with E-state index in [0.29, 0.717) is 17.4 Å². The largest absolute Gasteiger partial charge is 0.369 e. The minimum Gasteiger partial charge on any atom is -0.369 e. The third kappa shape index (κ3) is 4.22. The molecule has 2 amide bonds. The van der Waals surface area contributed by atoms with Crippen LogP contribution >= 0.6 is 11.8 Å². The first kappa shape index (κ1) is 17.3. The van der Waals surface area contributed by atoms with Gasteiger partial charge in [-0.25, -0.2) is 4.99 Å². The van der Waals surface area contributed by atoms with Crippen LogP contribution in [0.3, 0.4) is 0 Å². The van der Waals surface area contributed by atoms with Gasteiger partial charge in [0.2, 0.25) is 5.91 Å². The van der Waals surface area contributed by atoms with Gasteiger partial charge in [0.25, 0.3) is 5.91 Å². The fourth-order valence-corrected chi connectivity index (χ4v) is 2.96. The van der Waals surface area contributed by atoms with Crippen LogP contribution in [0, 0.1) is 12.8 Å². The average molecular weight is 335 g/mol. The van der Waals surface area contributed by atoms with Gasteiger partial charge in [-0.2, -0.15) is 5.10 Å². The Bertz CT molecular complexity index is 690. The van der Waals surface area contributed by atoms with Crippen molar-refractivity contribution in [2.24, 2.45) is 23.7 Å². The molecule has 1 aromatic heterocycles. The lowest BCUT2D eigenvalue weighted by molar-refractivity contribution is -0.123. The number of hydrogen-bond acceptors (Lipinski definition) is 5. The third-order valence-electron chi connectivity index (χ3n) is 3.15. The zero-order valence-corrected chi connectivity index (χ0v) is 14.6. The first-order valence-electron chi connectivity index (χ1n) is 7.31. The number of rotatable bonds is 5. The van der Waals surface area contributed by atoms with E-state index in [9.17, 15) is 9.59 Å². The molecule has 8 heteroatoms. The molecule has 1 aliphatic heterocycles. The van der Waals surface area contributed by atoms with Gasteiger partial charge in [-0.05, 0) is 18.9 Å². The molecule has 1 aliphatic rings. The second-order valence-corrected chi connectivity index (χ2v) is 6.77. The number of aromatic nitrogens is 2. The zero-order valence-electron chi connectivity index (χ0n) is 13.7. The summed E-state index contributed by atoms with van der Waals surface area (Å²) in [5.74, 6) is -0.207. The van der Waals surface area contributed by atoms with E-state index in [1.807, 2.05) is 34.0 Å². The Morgan fingerprint density at radius 3 is 2.70 bits per heavy atom. The van der Waals surface area contributed by atoms with E-state index in [0.717, 1.165) is 11.3 Å². The van der Waals surface area contributed by atoms with Crippen molar-refractivity contribution in [1.82, 2.24) is 14.7 Å². The second kappa shape index (κ2) is 6.99. The maximum atomic E-state index is 12.6. The number of amidine groups is 1. The van der Waals surface area contributed by atoms with Crippen molar-refractivity contribution in [2.45, 2.75) is 20.8 Å². The molecule has 0 aromatic carbocycles. The van der Waals surface area contributed by atoms with Gasteiger partial charge >= 0.3 is 0 Å². The van der Waals surface area contributed by atoms with Crippen molar-refractivity contribution < 1.29 is 9.59 Å². The number of nitrogens with two attached hydrogens (primary N) is 1. The van der Waals surface area contributed by atoms with Crippen molar-refractivity contribution >= 4 is 34.8 Å².